The summed E-state index contributed by atoms with van der Waals surface area (Å²) in [6.07, 6.45) is 6.91. The number of esters is 2. The minimum absolute atomic E-state index is 0.0319. The van der Waals surface area contributed by atoms with Crippen LogP contribution in [0.1, 0.15) is 32.1 Å². The minimum atomic E-state index is -0.739. The molecule has 0 fully saturated rings. The van der Waals surface area contributed by atoms with Crippen molar-refractivity contribution < 1.29 is 19.1 Å². The molecule has 0 atom stereocenters. The molecule has 22 heteroatoms. The molecular weight excluding hydrogens is 700 g/mol. The van der Waals surface area contributed by atoms with Crippen LogP contribution in [0.5, 0.6) is 0 Å². The van der Waals surface area contributed by atoms with Gasteiger partial charge in [-0.2, -0.15) is 39.1 Å². The number of rotatable bonds is 10. The van der Waals surface area contributed by atoms with E-state index in [1.165, 1.54) is 57.7 Å². The summed E-state index contributed by atoms with van der Waals surface area (Å²) in [6, 6.07) is 12.0. The van der Waals surface area contributed by atoms with Gasteiger partial charge >= 0.3 is 11.9 Å². The number of hydrogen-bond acceptors (Lipinski definition) is 18. The maximum Gasteiger partial charge on any atom is 0.343 e. The van der Waals surface area contributed by atoms with Crippen LogP contribution in [-0.4, -0.2) is 85.2 Å². The van der Waals surface area contributed by atoms with Crippen LogP contribution in [0.25, 0.3) is 23.3 Å². The Morgan fingerprint density at radius 1 is 0.611 bits per heavy atom. The van der Waals surface area contributed by atoms with Crippen LogP contribution >= 0.6 is 0 Å². The van der Waals surface area contributed by atoms with Crippen LogP contribution < -0.4 is 11.5 Å². The molecule has 0 aliphatic rings. The van der Waals surface area contributed by atoms with Crippen LogP contribution in [0, 0.1) is 13.8 Å². The van der Waals surface area contributed by atoms with E-state index in [9.17, 15) is 9.59 Å². The van der Waals surface area contributed by atoms with Gasteiger partial charge in [0.05, 0.1) is 38.0 Å². The molecule has 7 aromatic heterocycles. The van der Waals surface area contributed by atoms with E-state index in [1.807, 2.05) is 0 Å². The van der Waals surface area contributed by atoms with Crippen molar-refractivity contribution in [1.82, 2.24) is 59.1 Å². The van der Waals surface area contributed by atoms with Gasteiger partial charge in [0.15, 0.2) is 57.9 Å². The van der Waals surface area contributed by atoms with Crippen molar-refractivity contribution in [1.29, 1.82) is 0 Å². The fourth-order valence-corrected chi connectivity index (χ4v) is 5.11. The Balaban J connectivity index is 1.28. The molecule has 0 amide bonds. The molecule has 22 nitrogen and oxygen atoms in total. The van der Waals surface area contributed by atoms with Gasteiger partial charge < -0.3 is 20.9 Å². The van der Waals surface area contributed by atoms with Crippen LogP contribution in [0.3, 0.4) is 0 Å². The van der Waals surface area contributed by atoms with Crippen molar-refractivity contribution in [3.05, 3.63) is 96.1 Å². The molecule has 270 valence electrons. The van der Waals surface area contributed by atoms with Gasteiger partial charge in [0.25, 0.3) is 0 Å². The maximum absolute atomic E-state index is 12.8. The second-order valence-electron chi connectivity index (χ2n) is 11.0. The van der Waals surface area contributed by atoms with E-state index < -0.39 is 11.9 Å². The molecule has 7 aromatic rings. The number of carbonyl (C=O) groups is 2. The van der Waals surface area contributed by atoms with Gasteiger partial charge in [-0.05, 0) is 38.1 Å². The molecule has 4 N–H and O–H groups in total. The number of azo groups is 2. The zero-order valence-electron chi connectivity index (χ0n) is 28.9. The van der Waals surface area contributed by atoms with Gasteiger partial charge in [-0.1, -0.05) is 12.1 Å². The number of pyridine rings is 2. The number of nitrogen functional groups attached to an aromatic ring is 2. The molecular formula is C32H28N18O4. The van der Waals surface area contributed by atoms with E-state index in [1.54, 1.807) is 62.6 Å². The number of aryl methyl sites for hydroxylation is 2. The summed E-state index contributed by atoms with van der Waals surface area (Å²) in [6.45, 7) is 3.40. The second-order valence-corrected chi connectivity index (χ2v) is 11.0. The molecule has 0 radical (unpaired) electrons. The second kappa shape index (κ2) is 14.3. The number of carbonyl (C=O) groups excluding carboxylic acids is 2. The largest absolute Gasteiger partial charge is 0.465 e. The topological polar surface area (TPSA) is 277 Å². The van der Waals surface area contributed by atoms with Gasteiger partial charge in [0, 0.05) is 18.5 Å². The number of nitrogens with zero attached hydrogens (tertiary/aromatic N) is 16. The third-order valence-corrected chi connectivity index (χ3v) is 7.72. The SMILES string of the molecule is COC(=O)c1cnn(-c2cc(-n3ncc(C(=O)OC)c3N=Nc3c(C)nn(-c4ccccn4)c3N)ncn2)c1N=Nc1c(C)nn(-c2ccccn2)c1N. The quantitative estimate of drug-likeness (QED) is 0.148. The van der Waals surface area contributed by atoms with Gasteiger partial charge in [-0.15, -0.1) is 20.5 Å². The molecule has 54 heavy (non-hydrogen) atoms. The highest BCUT2D eigenvalue weighted by Crippen LogP contribution is 2.34. The highest BCUT2D eigenvalue weighted by Gasteiger charge is 2.24. The third-order valence-electron chi connectivity index (χ3n) is 7.72. The highest BCUT2D eigenvalue weighted by atomic mass is 16.5. The number of ether oxygens (including phenoxy) is 2. The van der Waals surface area contributed by atoms with Crippen molar-refractivity contribution in [2.45, 2.75) is 13.8 Å². The summed E-state index contributed by atoms with van der Waals surface area (Å²) < 4.78 is 15.2. The first-order chi connectivity index (χ1) is 26.2. The van der Waals surface area contributed by atoms with Crippen molar-refractivity contribution >= 4 is 46.6 Å². The molecule has 0 saturated heterocycles. The lowest BCUT2D eigenvalue weighted by atomic mass is 10.3. The van der Waals surface area contributed by atoms with Crippen LogP contribution in [0.4, 0.5) is 34.6 Å². The lowest BCUT2D eigenvalue weighted by Crippen LogP contribution is -2.06. The zero-order valence-corrected chi connectivity index (χ0v) is 28.9. The van der Waals surface area contributed by atoms with E-state index in [0.29, 0.717) is 23.0 Å². The molecule has 7 rings (SSSR count). The van der Waals surface area contributed by atoms with Crippen molar-refractivity contribution in [2.24, 2.45) is 20.5 Å². The molecule has 0 aliphatic carbocycles. The fraction of sp³-hybridized carbons (Fsp3) is 0.125. The number of nitrogens with two attached hydrogens (primary N) is 2. The van der Waals surface area contributed by atoms with Crippen LogP contribution in [0.15, 0.2) is 94.0 Å². The van der Waals surface area contributed by atoms with E-state index in [0.717, 1.165) is 0 Å². The van der Waals surface area contributed by atoms with E-state index in [2.05, 4.69) is 60.8 Å². The molecule has 0 aliphatic heterocycles. The first kappa shape index (κ1) is 34.4. The Bertz CT molecular complexity index is 2400. The lowest BCUT2D eigenvalue weighted by molar-refractivity contribution is 0.0592. The van der Waals surface area contributed by atoms with E-state index in [-0.39, 0.29) is 57.4 Å². The van der Waals surface area contributed by atoms with Crippen LogP contribution in [-0.2, 0) is 9.47 Å². The van der Waals surface area contributed by atoms with Gasteiger partial charge in [-0.25, -0.2) is 29.5 Å². The average Bonchev–Trinajstić information content (AvgIpc) is 3.96. The Hall–Kier alpha value is -8.04. The summed E-state index contributed by atoms with van der Waals surface area (Å²) in [5.74, 6) is -0.0851. The Kier molecular flexibility index (Phi) is 9.11. The molecule has 7 heterocycles. The molecule has 0 bridgehead atoms. The zero-order chi connectivity index (χ0) is 37.9. The maximum atomic E-state index is 12.8. The number of hydrogen-bond donors (Lipinski definition) is 2. The molecule has 0 aromatic carbocycles. The van der Waals surface area contributed by atoms with E-state index >= 15 is 0 Å². The summed E-state index contributed by atoms with van der Waals surface area (Å²) in [7, 11) is 2.43. The lowest BCUT2D eigenvalue weighted by Gasteiger charge is -2.07. The van der Waals surface area contributed by atoms with Gasteiger partial charge in [0.1, 0.15) is 17.5 Å². The predicted octanol–water partition coefficient (Wildman–Crippen LogP) is 4.19. The summed E-state index contributed by atoms with van der Waals surface area (Å²) in [5, 5.41) is 34.9. The standard InChI is InChI=1S/C32H28N18O4/c1-17-25(27(33)47(45-17)21-9-5-7-11-35-21)41-43-29-19(31(51)53-3)14-39-49(29)23-13-24(38-16-37-23)50-30(20(15-40-50)32(52)54-4)44-42-26-18(2)46-48(28(26)34)22-10-6-8-12-36-22/h5-16H,33-34H2,1-4H3. The van der Waals surface area contributed by atoms with Crippen LogP contribution in [0.2, 0.25) is 0 Å². The summed E-state index contributed by atoms with van der Waals surface area (Å²) in [5.41, 5.74) is 14.1. The Morgan fingerprint density at radius 2 is 1.06 bits per heavy atom. The summed E-state index contributed by atoms with van der Waals surface area (Å²) >= 11 is 0. The Labute approximate surface area is 303 Å². The average molecular weight is 729 g/mol. The number of aromatic nitrogens is 12. The van der Waals surface area contributed by atoms with E-state index in [4.69, 9.17) is 20.9 Å². The normalized spacial score (nSPS) is 11.5. The monoisotopic (exact) mass is 728 g/mol. The first-order valence-corrected chi connectivity index (χ1v) is 15.7. The minimum Gasteiger partial charge on any atom is -0.465 e. The van der Waals surface area contributed by atoms with Crippen molar-refractivity contribution in [3.63, 3.8) is 0 Å². The van der Waals surface area contributed by atoms with Gasteiger partial charge in [0.2, 0.25) is 0 Å². The molecule has 0 saturated carbocycles. The van der Waals surface area contributed by atoms with Gasteiger partial charge in [-0.3, -0.25) is 0 Å². The summed E-state index contributed by atoms with van der Waals surface area (Å²) in [4.78, 5) is 42.8. The first-order valence-electron chi connectivity index (χ1n) is 15.7. The van der Waals surface area contributed by atoms with Crippen molar-refractivity contribution in [3.8, 4) is 23.3 Å². The molecule has 0 unspecified atom stereocenters. The number of anilines is 2. The smallest absolute Gasteiger partial charge is 0.343 e. The molecule has 0 spiro atoms. The highest BCUT2D eigenvalue weighted by molar-refractivity contribution is 5.94. The predicted molar refractivity (Wildman–Crippen MR) is 188 cm³/mol. The number of methoxy groups -OCH3 is 2. The fourth-order valence-electron chi connectivity index (χ4n) is 5.11. The third kappa shape index (κ3) is 6.25. The van der Waals surface area contributed by atoms with Crippen molar-refractivity contribution in [2.75, 3.05) is 25.7 Å². The Morgan fingerprint density at radius 3 is 1.44 bits per heavy atom.